The van der Waals surface area contributed by atoms with Crippen molar-refractivity contribution in [1.29, 1.82) is 0 Å². The van der Waals surface area contributed by atoms with Gasteiger partial charge in [0.2, 0.25) is 0 Å². The fourth-order valence-electron chi connectivity index (χ4n) is 1.29. The fraction of sp³-hybridized carbons (Fsp3) is 0.364. The number of hydrogen-bond donors (Lipinski definition) is 0. The first-order valence-electron chi connectivity index (χ1n) is 4.72. The molecule has 0 aliphatic heterocycles. The van der Waals surface area contributed by atoms with Crippen molar-refractivity contribution in [3.8, 4) is 5.75 Å². The van der Waals surface area contributed by atoms with Gasteiger partial charge in [-0.1, -0.05) is 0 Å². The minimum absolute atomic E-state index is 0.00287. The first-order valence-corrected chi connectivity index (χ1v) is 4.72. The van der Waals surface area contributed by atoms with Crippen LogP contribution in [0.5, 0.6) is 5.75 Å². The lowest BCUT2D eigenvalue weighted by molar-refractivity contribution is 0.101. The normalized spacial score (nSPS) is 10.6. The predicted molar refractivity (Wildman–Crippen MR) is 52.5 cm³/mol. The minimum Gasteiger partial charge on any atom is -0.493 e. The van der Waals surface area contributed by atoms with Gasteiger partial charge in [0, 0.05) is 6.07 Å². The lowest BCUT2D eigenvalue weighted by Gasteiger charge is -2.10. The molecule has 0 aliphatic rings. The Hall–Kier alpha value is -1.52. The maximum Gasteiger partial charge on any atom is 0.266 e. The van der Waals surface area contributed by atoms with E-state index in [0.29, 0.717) is 0 Å². The SMILES string of the molecule is CCOc1cc(F)c(C(F)F)cc1C(C)=O. The van der Waals surface area contributed by atoms with Gasteiger partial charge in [-0.3, -0.25) is 4.79 Å². The summed E-state index contributed by atoms with van der Waals surface area (Å²) in [6.45, 7) is 3.10. The fourth-order valence-corrected chi connectivity index (χ4v) is 1.29. The summed E-state index contributed by atoms with van der Waals surface area (Å²) < 4.78 is 43.0. The zero-order valence-electron chi connectivity index (χ0n) is 8.89. The molecule has 0 aromatic heterocycles. The highest BCUT2D eigenvalue weighted by Gasteiger charge is 2.19. The van der Waals surface area contributed by atoms with Crippen LogP contribution in [0, 0.1) is 5.82 Å². The summed E-state index contributed by atoms with van der Waals surface area (Å²) in [7, 11) is 0. The number of hydrogen-bond acceptors (Lipinski definition) is 2. The van der Waals surface area contributed by atoms with Gasteiger partial charge in [-0.15, -0.1) is 0 Å². The quantitative estimate of drug-likeness (QED) is 0.744. The van der Waals surface area contributed by atoms with Crippen molar-refractivity contribution in [3.05, 3.63) is 29.1 Å². The molecule has 1 aromatic carbocycles. The topological polar surface area (TPSA) is 26.3 Å². The monoisotopic (exact) mass is 232 g/mol. The predicted octanol–water partition coefficient (Wildman–Crippen LogP) is 3.36. The van der Waals surface area contributed by atoms with E-state index in [1.165, 1.54) is 6.92 Å². The molecule has 0 N–H and O–H groups in total. The van der Waals surface area contributed by atoms with Crippen LogP contribution in [0.25, 0.3) is 0 Å². The Morgan fingerprint density at radius 1 is 1.44 bits per heavy atom. The molecule has 0 bridgehead atoms. The van der Waals surface area contributed by atoms with E-state index in [1.54, 1.807) is 6.92 Å². The van der Waals surface area contributed by atoms with Crippen LogP contribution in [-0.4, -0.2) is 12.4 Å². The molecule has 0 spiro atoms. The Morgan fingerprint density at radius 3 is 2.50 bits per heavy atom. The van der Waals surface area contributed by atoms with Crippen LogP contribution < -0.4 is 4.74 Å². The van der Waals surface area contributed by atoms with Gasteiger partial charge in [-0.25, -0.2) is 13.2 Å². The second-order valence-corrected chi connectivity index (χ2v) is 3.16. The van der Waals surface area contributed by atoms with E-state index in [2.05, 4.69) is 0 Å². The molecule has 0 saturated carbocycles. The van der Waals surface area contributed by atoms with Gasteiger partial charge in [0.05, 0.1) is 17.7 Å². The lowest BCUT2D eigenvalue weighted by Crippen LogP contribution is -2.04. The number of halogens is 3. The van der Waals surface area contributed by atoms with Gasteiger partial charge < -0.3 is 4.74 Å². The Bertz CT molecular complexity index is 402. The standard InChI is InChI=1S/C11H11F3O2/c1-3-16-10-5-9(12)8(11(13)14)4-7(10)6(2)15/h4-5,11H,3H2,1-2H3. The molecule has 0 aliphatic carbocycles. The molecule has 0 amide bonds. The third-order valence-corrected chi connectivity index (χ3v) is 2.01. The van der Waals surface area contributed by atoms with Gasteiger partial charge >= 0.3 is 0 Å². The number of ether oxygens (including phenoxy) is 1. The molecule has 1 rings (SSSR count). The van der Waals surface area contributed by atoms with Crippen molar-refractivity contribution < 1.29 is 22.7 Å². The maximum absolute atomic E-state index is 13.2. The summed E-state index contributed by atoms with van der Waals surface area (Å²) >= 11 is 0. The van der Waals surface area contributed by atoms with Crippen LogP contribution in [0.1, 0.15) is 36.2 Å². The van der Waals surface area contributed by atoms with Gasteiger partial charge in [0.15, 0.2) is 5.78 Å². The molecule has 16 heavy (non-hydrogen) atoms. The van der Waals surface area contributed by atoms with E-state index < -0.39 is 23.6 Å². The van der Waals surface area contributed by atoms with Crippen molar-refractivity contribution in [1.82, 2.24) is 0 Å². The number of rotatable bonds is 4. The molecule has 1 aromatic rings. The summed E-state index contributed by atoms with van der Waals surface area (Å²) in [5.41, 5.74) is -0.813. The summed E-state index contributed by atoms with van der Waals surface area (Å²) in [5, 5.41) is 0. The zero-order valence-corrected chi connectivity index (χ0v) is 8.89. The Labute approximate surface area is 91.0 Å². The Balaban J connectivity index is 3.31. The van der Waals surface area contributed by atoms with E-state index in [-0.39, 0.29) is 17.9 Å². The van der Waals surface area contributed by atoms with Crippen LogP contribution >= 0.6 is 0 Å². The first kappa shape index (κ1) is 12.5. The molecular formula is C11H11F3O2. The van der Waals surface area contributed by atoms with Crippen molar-refractivity contribution in [2.75, 3.05) is 6.61 Å². The van der Waals surface area contributed by atoms with Crippen molar-refractivity contribution in [2.24, 2.45) is 0 Å². The largest absolute Gasteiger partial charge is 0.493 e. The van der Waals surface area contributed by atoms with Gasteiger partial charge in [0.25, 0.3) is 6.43 Å². The lowest BCUT2D eigenvalue weighted by atomic mass is 10.1. The number of carbonyl (C=O) groups excluding carboxylic acids is 1. The molecule has 0 unspecified atom stereocenters. The summed E-state index contributed by atoms with van der Waals surface area (Å²) in [6, 6.07) is 1.66. The Kier molecular flexibility index (Phi) is 3.93. The highest BCUT2D eigenvalue weighted by molar-refractivity contribution is 5.97. The molecule has 0 heterocycles. The highest BCUT2D eigenvalue weighted by atomic mass is 19.3. The molecule has 0 saturated heterocycles. The van der Waals surface area contributed by atoms with Crippen LogP contribution in [0.3, 0.4) is 0 Å². The van der Waals surface area contributed by atoms with Crippen LogP contribution in [-0.2, 0) is 0 Å². The van der Waals surface area contributed by atoms with Gasteiger partial charge in [-0.2, -0.15) is 0 Å². The first-order chi connectivity index (χ1) is 7.47. The molecular weight excluding hydrogens is 221 g/mol. The minimum atomic E-state index is -2.95. The van der Waals surface area contributed by atoms with Gasteiger partial charge in [0.1, 0.15) is 11.6 Å². The van der Waals surface area contributed by atoms with E-state index in [1.807, 2.05) is 0 Å². The molecule has 88 valence electrons. The third kappa shape index (κ3) is 2.53. The number of Topliss-reactive ketones (excluding diaryl/α,β-unsaturated/α-hetero) is 1. The third-order valence-electron chi connectivity index (χ3n) is 2.01. The molecule has 0 atom stereocenters. The average molecular weight is 232 g/mol. The van der Waals surface area contributed by atoms with Crippen molar-refractivity contribution in [2.45, 2.75) is 20.3 Å². The Morgan fingerprint density at radius 2 is 2.06 bits per heavy atom. The molecule has 0 fully saturated rings. The van der Waals surface area contributed by atoms with Gasteiger partial charge in [-0.05, 0) is 19.9 Å². The van der Waals surface area contributed by atoms with E-state index >= 15 is 0 Å². The number of carbonyl (C=O) groups is 1. The van der Waals surface area contributed by atoms with Crippen molar-refractivity contribution >= 4 is 5.78 Å². The van der Waals surface area contributed by atoms with E-state index in [9.17, 15) is 18.0 Å². The average Bonchev–Trinajstić information content (AvgIpc) is 2.17. The van der Waals surface area contributed by atoms with Crippen molar-refractivity contribution in [3.63, 3.8) is 0 Å². The summed E-state index contributed by atoms with van der Waals surface area (Å²) in [5.74, 6) is -1.51. The van der Waals surface area contributed by atoms with Crippen LogP contribution in [0.2, 0.25) is 0 Å². The van der Waals surface area contributed by atoms with E-state index in [0.717, 1.165) is 12.1 Å². The molecule has 0 radical (unpaired) electrons. The number of alkyl halides is 2. The van der Waals surface area contributed by atoms with Crippen LogP contribution in [0.4, 0.5) is 13.2 Å². The molecule has 2 nitrogen and oxygen atoms in total. The van der Waals surface area contributed by atoms with Crippen LogP contribution in [0.15, 0.2) is 12.1 Å². The van der Waals surface area contributed by atoms with E-state index in [4.69, 9.17) is 4.74 Å². The second kappa shape index (κ2) is 5.01. The highest BCUT2D eigenvalue weighted by Crippen LogP contribution is 2.29. The molecule has 5 heteroatoms. The maximum atomic E-state index is 13.2. The second-order valence-electron chi connectivity index (χ2n) is 3.16. The zero-order chi connectivity index (χ0) is 12.3. The summed E-state index contributed by atoms with van der Waals surface area (Å²) in [6.07, 6.45) is -2.95. The summed E-state index contributed by atoms with van der Waals surface area (Å²) in [4.78, 5) is 11.2. The smallest absolute Gasteiger partial charge is 0.266 e. The number of ketones is 1. The number of benzene rings is 1.